The van der Waals surface area contributed by atoms with E-state index >= 15 is 0 Å². The predicted octanol–water partition coefficient (Wildman–Crippen LogP) is 1.54. The van der Waals surface area contributed by atoms with E-state index in [4.69, 9.17) is 4.74 Å². The van der Waals surface area contributed by atoms with E-state index in [1.54, 1.807) is 0 Å². The molecule has 1 aliphatic heterocycles. The van der Waals surface area contributed by atoms with Crippen LogP contribution in [0.5, 0.6) is 0 Å². The molecule has 5 nitrogen and oxygen atoms in total. The van der Waals surface area contributed by atoms with E-state index < -0.39 is 0 Å². The smallest absolute Gasteiger partial charge is 0.248 e. The maximum atomic E-state index is 11.9. The van der Waals surface area contributed by atoms with Crippen LogP contribution in [-0.4, -0.2) is 87.2 Å². The van der Waals surface area contributed by atoms with Crippen molar-refractivity contribution in [2.75, 3.05) is 66.6 Å². The number of carbonyl (C=O) groups excluding carboxylic acids is 1. The summed E-state index contributed by atoms with van der Waals surface area (Å²) in [7, 11) is 4.13. The average Bonchev–Trinajstić information content (AvgIpc) is 2.56. The van der Waals surface area contributed by atoms with Crippen molar-refractivity contribution in [3.8, 4) is 0 Å². The summed E-state index contributed by atoms with van der Waals surface area (Å²) >= 11 is 0. The second-order valence-electron chi connectivity index (χ2n) is 7.40. The third kappa shape index (κ3) is 6.40. The van der Waals surface area contributed by atoms with Crippen molar-refractivity contribution >= 4 is 5.91 Å². The molecule has 1 amide bonds. The molecule has 2 aliphatic rings. The summed E-state index contributed by atoms with van der Waals surface area (Å²) < 4.78 is 5.21. The fourth-order valence-electron chi connectivity index (χ4n) is 3.78. The maximum absolute atomic E-state index is 11.9. The van der Waals surface area contributed by atoms with Crippen LogP contribution in [0.15, 0.2) is 0 Å². The quantitative estimate of drug-likeness (QED) is 0.711. The number of hydrogen-bond acceptors (Lipinski definition) is 4. The van der Waals surface area contributed by atoms with Crippen LogP contribution in [0.1, 0.15) is 32.6 Å². The highest BCUT2D eigenvalue weighted by molar-refractivity contribution is 5.77. The lowest BCUT2D eigenvalue weighted by Gasteiger charge is -2.37. The fraction of sp³-hybridized carbons (Fsp3) is 0.944. The zero-order chi connectivity index (χ0) is 16.7. The zero-order valence-corrected chi connectivity index (χ0v) is 15.3. The Labute approximate surface area is 141 Å². The van der Waals surface area contributed by atoms with Gasteiger partial charge in [-0.25, -0.2) is 0 Å². The molecule has 0 unspecified atom stereocenters. The number of hydrogen-bond donors (Lipinski definition) is 0. The van der Waals surface area contributed by atoms with Gasteiger partial charge in [0.2, 0.25) is 5.91 Å². The standard InChI is InChI=1S/C18H35N3O2/c1-4-23-15-18(22)20(3)13-16-5-7-17(8-6-16)14-21-11-9-19(2)10-12-21/h16-17H,4-15H2,1-3H3/t16-,17-. The van der Waals surface area contributed by atoms with Gasteiger partial charge in [-0.05, 0) is 51.5 Å². The molecule has 1 aliphatic carbocycles. The van der Waals surface area contributed by atoms with E-state index in [2.05, 4.69) is 16.8 Å². The number of ether oxygens (including phenoxy) is 1. The number of likely N-dealkylation sites (N-methyl/N-ethyl adjacent to an activating group) is 2. The molecule has 0 aromatic rings. The molecule has 1 saturated heterocycles. The Hall–Kier alpha value is -0.650. The molecule has 23 heavy (non-hydrogen) atoms. The number of amides is 1. The monoisotopic (exact) mass is 325 g/mol. The van der Waals surface area contributed by atoms with Crippen molar-refractivity contribution in [2.24, 2.45) is 11.8 Å². The lowest BCUT2D eigenvalue weighted by molar-refractivity contribution is -0.135. The summed E-state index contributed by atoms with van der Waals surface area (Å²) in [5.74, 6) is 1.65. The van der Waals surface area contributed by atoms with E-state index in [-0.39, 0.29) is 12.5 Å². The second-order valence-corrected chi connectivity index (χ2v) is 7.40. The predicted molar refractivity (Wildman–Crippen MR) is 93.5 cm³/mol. The molecule has 2 rings (SSSR count). The lowest BCUT2D eigenvalue weighted by atomic mass is 9.81. The SMILES string of the molecule is CCOCC(=O)N(C)C[C@H]1CC[C@H](CN2CCN(C)CC2)CC1. The van der Waals surface area contributed by atoms with E-state index in [0.717, 1.165) is 12.5 Å². The Morgan fingerprint density at radius 2 is 1.70 bits per heavy atom. The topological polar surface area (TPSA) is 36.0 Å². The van der Waals surface area contributed by atoms with Gasteiger partial charge in [-0.15, -0.1) is 0 Å². The maximum Gasteiger partial charge on any atom is 0.248 e. The fourth-order valence-corrected chi connectivity index (χ4v) is 3.78. The van der Waals surface area contributed by atoms with Crippen LogP contribution in [0, 0.1) is 11.8 Å². The molecule has 0 aromatic heterocycles. The number of rotatable bonds is 7. The van der Waals surface area contributed by atoms with E-state index in [1.165, 1.54) is 58.4 Å². The molecule has 2 fully saturated rings. The molecule has 0 aromatic carbocycles. The molecular weight excluding hydrogens is 290 g/mol. The van der Waals surface area contributed by atoms with Crippen LogP contribution in [0.25, 0.3) is 0 Å². The Bertz CT molecular complexity index is 348. The first-order chi connectivity index (χ1) is 11.1. The highest BCUT2D eigenvalue weighted by Gasteiger charge is 2.25. The largest absolute Gasteiger partial charge is 0.372 e. The van der Waals surface area contributed by atoms with Crippen LogP contribution >= 0.6 is 0 Å². The van der Waals surface area contributed by atoms with Gasteiger partial charge in [0.05, 0.1) is 0 Å². The molecule has 5 heteroatoms. The minimum Gasteiger partial charge on any atom is -0.372 e. The van der Waals surface area contributed by atoms with Gasteiger partial charge in [-0.3, -0.25) is 4.79 Å². The Morgan fingerprint density at radius 1 is 1.09 bits per heavy atom. The van der Waals surface area contributed by atoms with Gasteiger partial charge >= 0.3 is 0 Å². The van der Waals surface area contributed by atoms with Crippen molar-refractivity contribution in [3.05, 3.63) is 0 Å². The first kappa shape index (κ1) is 18.7. The molecule has 0 atom stereocenters. The van der Waals surface area contributed by atoms with Crippen LogP contribution < -0.4 is 0 Å². The summed E-state index contributed by atoms with van der Waals surface area (Å²) in [5, 5.41) is 0. The van der Waals surface area contributed by atoms with Gasteiger partial charge in [0.1, 0.15) is 6.61 Å². The summed E-state index contributed by atoms with van der Waals surface area (Å²) in [6.07, 6.45) is 5.18. The van der Waals surface area contributed by atoms with Gasteiger partial charge in [-0.1, -0.05) is 0 Å². The van der Waals surface area contributed by atoms with E-state index in [0.29, 0.717) is 12.5 Å². The minimum absolute atomic E-state index is 0.117. The van der Waals surface area contributed by atoms with Crippen LogP contribution in [0.2, 0.25) is 0 Å². The van der Waals surface area contributed by atoms with Crippen molar-refractivity contribution in [3.63, 3.8) is 0 Å². The van der Waals surface area contributed by atoms with Gasteiger partial charge in [-0.2, -0.15) is 0 Å². The summed E-state index contributed by atoms with van der Waals surface area (Å²) in [6, 6.07) is 0. The second kappa shape index (κ2) is 9.60. The average molecular weight is 325 g/mol. The lowest BCUT2D eigenvalue weighted by Crippen LogP contribution is -2.46. The molecule has 0 radical (unpaired) electrons. The van der Waals surface area contributed by atoms with Crippen molar-refractivity contribution in [1.29, 1.82) is 0 Å². The molecule has 0 N–H and O–H groups in total. The summed E-state index contributed by atoms with van der Waals surface area (Å²) in [5.41, 5.74) is 0. The van der Waals surface area contributed by atoms with Gasteiger partial charge in [0, 0.05) is 52.9 Å². The molecular formula is C18H35N3O2. The third-order valence-corrected chi connectivity index (χ3v) is 5.47. The Morgan fingerprint density at radius 3 is 2.30 bits per heavy atom. The summed E-state index contributed by atoms with van der Waals surface area (Å²) in [6.45, 7) is 9.81. The highest BCUT2D eigenvalue weighted by atomic mass is 16.5. The van der Waals surface area contributed by atoms with Crippen molar-refractivity contribution in [1.82, 2.24) is 14.7 Å². The summed E-state index contributed by atoms with van der Waals surface area (Å²) in [4.78, 5) is 18.8. The number of nitrogens with zero attached hydrogens (tertiary/aromatic N) is 3. The van der Waals surface area contributed by atoms with E-state index in [9.17, 15) is 4.79 Å². The Balaban J connectivity index is 1.62. The number of carbonyl (C=O) groups is 1. The molecule has 0 bridgehead atoms. The first-order valence-corrected chi connectivity index (χ1v) is 9.31. The molecule has 0 spiro atoms. The van der Waals surface area contributed by atoms with Crippen LogP contribution in [0.3, 0.4) is 0 Å². The molecule has 1 saturated carbocycles. The van der Waals surface area contributed by atoms with Gasteiger partial charge in [0.15, 0.2) is 0 Å². The van der Waals surface area contributed by atoms with Crippen molar-refractivity contribution < 1.29 is 9.53 Å². The molecule has 134 valence electrons. The highest BCUT2D eigenvalue weighted by Crippen LogP contribution is 2.30. The van der Waals surface area contributed by atoms with Gasteiger partial charge in [0.25, 0.3) is 0 Å². The van der Waals surface area contributed by atoms with Crippen molar-refractivity contribution in [2.45, 2.75) is 32.6 Å². The van der Waals surface area contributed by atoms with Crippen LogP contribution in [-0.2, 0) is 9.53 Å². The van der Waals surface area contributed by atoms with Crippen LogP contribution in [0.4, 0.5) is 0 Å². The zero-order valence-electron chi connectivity index (χ0n) is 15.3. The Kier molecular flexibility index (Phi) is 7.80. The normalized spacial score (nSPS) is 27.1. The minimum atomic E-state index is 0.117. The third-order valence-electron chi connectivity index (χ3n) is 5.47. The number of piperazine rings is 1. The van der Waals surface area contributed by atoms with Gasteiger partial charge < -0.3 is 19.4 Å². The van der Waals surface area contributed by atoms with E-state index in [1.807, 2.05) is 18.9 Å². The first-order valence-electron chi connectivity index (χ1n) is 9.31. The molecule has 1 heterocycles.